The number of nitrogens with one attached hydrogen (secondary N) is 1. The van der Waals surface area contributed by atoms with Gasteiger partial charge in [-0.15, -0.1) is 0 Å². The third-order valence-corrected chi connectivity index (χ3v) is 6.93. The van der Waals surface area contributed by atoms with Gasteiger partial charge in [0.15, 0.2) is 17.2 Å². The van der Waals surface area contributed by atoms with E-state index in [9.17, 15) is 14.4 Å². The van der Waals surface area contributed by atoms with Crippen molar-refractivity contribution in [2.75, 3.05) is 18.3 Å². The van der Waals surface area contributed by atoms with E-state index in [1.54, 1.807) is 32.0 Å². The fourth-order valence-electron chi connectivity index (χ4n) is 5.08. The van der Waals surface area contributed by atoms with Crippen LogP contribution in [0.1, 0.15) is 73.3 Å². The van der Waals surface area contributed by atoms with Crippen LogP contribution >= 0.6 is 0 Å². The van der Waals surface area contributed by atoms with Gasteiger partial charge in [0, 0.05) is 23.9 Å². The molecule has 1 aromatic carbocycles. The van der Waals surface area contributed by atoms with Crippen molar-refractivity contribution in [3.05, 3.63) is 35.7 Å². The van der Waals surface area contributed by atoms with Gasteiger partial charge in [-0.2, -0.15) is 5.10 Å². The minimum atomic E-state index is -1.29. The smallest absolute Gasteiger partial charge is 0.358 e. The molecule has 1 saturated carbocycles. The number of anilines is 1. The molecule has 186 valence electrons. The van der Waals surface area contributed by atoms with Gasteiger partial charge in [-0.05, 0) is 38.8 Å². The van der Waals surface area contributed by atoms with Gasteiger partial charge < -0.3 is 19.5 Å². The van der Waals surface area contributed by atoms with Crippen molar-refractivity contribution in [3.8, 4) is 11.5 Å². The Kier molecular flexibility index (Phi) is 6.12. The Hall–Kier alpha value is -3.56. The second kappa shape index (κ2) is 9.24. The summed E-state index contributed by atoms with van der Waals surface area (Å²) >= 11 is 0. The normalized spacial score (nSPS) is 21.9. The molecule has 0 saturated heterocycles. The zero-order chi connectivity index (χ0) is 24.6. The van der Waals surface area contributed by atoms with Crippen LogP contribution in [0.25, 0.3) is 0 Å². The molecule has 2 aromatic rings. The highest BCUT2D eigenvalue weighted by molar-refractivity contribution is 6.12. The molecule has 0 spiro atoms. The van der Waals surface area contributed by atoms with Crippen LogP contribution in [-0.4, -0.2) is 52.5 Å². The lowest BCUT2D eigenvalue weighted by Gasteiger charge is -2.43. The molecule has 0 bridgehead atoms. The number of nitrogens with zero attached hydrogens (tertiary/aromatic N) is 3. The number of hydrogen-bond acceptors (Lipinski definition) is 7. The minimum Gasteiger partial charge on any atom is -0.461 e. The lowest BCUT2D eigenvalue weighted by Crippen LogP contribution is -2.65. The third-order valence-electron chi connectivity index (χ3n) is 6.93. The maximum absolute atomic E-state index is 13.8. The lowest BCUT2D eigenvalue weighted by molar-refractivity contribution is -0.127. The number of benzene rings is 1. The van der Waals surface area contributed by atoms with E-state index in [0.717, 1.165) is 25.7 Å². The van der Waals surface area contributed by atoms with Crippen LogP contribution < -0.4 is 19.7 Å². The number of amides is 2. The monoisotopic (exact) mass is 482 g/mol. The SMILES string of the molecule is CCOC(=O)c1cc2n(n1)C[C@](C)(C(=O)NC1CCCCCC1)N(c1ccc3c(c1)OCO3)C2=O. The number of esters is 1. The molecule has 1 aromatic heterocycles. The molecule has 1 atom stereocenters. The molecular weight excluding hydrogens is 452 g/mol. The Morgan fingerprint density at radius 3 is 2.63 bits per heavy atom. The summed E-state index contributed by atoms with van der Waals surface area (Å²) in [6, 6.07) is 6.65. The van der Waals surface area contributed by atoms with Crippen molar-refractivity contribution in [3.63, 3.8) is 0 Å². The van der Waals surface area contributed by atoms with E-state index in [1.807, 2.05) is 0 Å². The minimum absolute atomic E-state index is 0.0364. The molecule has 1 aliphatic carbocycles. The maximum Gasteiger partial charge on any atom is 0.358 e. The molecule has 3 heterocycles. The predicted molar refractivity (Wildman–Crippen MR) is 126 cm³/mol. The molecule has 1 N–H and O–H groups in total. The van der Waals surface area contributed by atoms with Crippen LogP contribution in [0.4, 0.5) is 5.69 Å². The van der Waals surface area contributed by atoms with Crippen molar-refractivity contribution in [1.29, 1.82) is 0 Å². The summed E-state index contributed by atoms with van der Waals surface area (Å²) < 4.78 is 17.4. The van der Waals surface area contributed by atoms with Gasteiger partial charge in [0.05, 0.1) is 13.2 Å². The average Bonchev–Trinajstić information content (AvgIpc) is 3.40. The highest BCUT2D eigenvalue weighted by Crippen LogP contribution is 2.40. The van der Waals surface area contributed by atoms with Gasteiger partial charge in [0.1, 0.15) is 11.2 Å². The van der Waals surface area contributed by atoms with E-state index in [0.29, 0.717) is 17.2 Å². The largest absolute Gasteiger partial charge is 0.461 e. The second-order valence-corrected chi connectivity index (χ2v) is 9.41. The summed E-state index contributed by atoms with van der Waals surface area (Å²) in [6.07, 6.45) is 6.30. The van der Waals surface area contributed by atoms with Gasteiger partial charge >= 0.3 is 5.97 Å². The van der Waals surface area contributed by atoms with Gasteiger partial charge in [-0.1, -0.05) is 25.7 Å². The predicted octanol–water partition coefficient (Wildman–Crippen LogP) is 3.05. The number of rotatable bonds is 5. The number of ether oxygens (including phenoxy) is 3. The van der Waals surface area contributed by atoms with Gasteiger partial charge in [-0.25, -0.2) is 4.79 Å². The summed E-state index contributed by atoms with van der Waals surface area (Å²) in [5.74, 6) is -0.210. The Labute approximate surface area is 203 Å². The zero-order valence-electron chi connectivity index (χ0n) is 20.0. The third kappa shape index (κ3) is 4.21. The average molecular weight is 483 g/mol. The van der Waals surface area contributed by atoms with Crippen molar-refractivity contribution >= 4 is 23.5 Å². The van der Waals surface area contributed by atoms with E-state index in [4.69, 9.17) is 14.2 Å². The number of fused-ring (bicyclic) bond motifs is 2. The maximum atomic E-state index is 13.8. The van der Waals surface area contributed by atoms with E-state index in [-0.39, 0.29) is 43.3 Å². The van der Waals surface area contributed by atoms with Gasteiger partial charge in [-0.3, -0.25) is 19.2 Å². The molecule has 5 rings (SSSR count). The van der Waals surface area contributed by atoms with Crippen LogP contribution in [-0.2, 0) is 16.1 Å². The second-order valence-electron chi connectivity index (χ2n) is 9.41. The molecule has 0 unspecified atom stereocenters. The number of aromatic nitrogens is 2. The zero-order valence-corrected chi connectivity index (χ0v) is 20.0. The number of hydrogen-bond donors (Lipinski definition) is 1. The van der Waals surface area contributed by atoms with Crippen molar-refractivity contribution in [2.24, 2.45) is 0 Å². The first-order valence-corrected chi connectivity index (χ1v) is 12.2. The van der Waals surface area contributed by atoms with E-state index < -0.39 is 17.4 Å². The molecule has 3 aliphatic rings. The highest BCUT2D eigenvalue weighted by atomic mass is 16.7. The highest BCUT2D eigenvalue weighted by Gasteiger charge is 2.49. The number of carbonyl (C=O) groups excluding carboxylic acids is 3. The first-order chi connectivity index (χ1) is 16.9. The topological polar surface area (TPSA) is 112 Å². The molecule has 2 amide bonds. The summed E-state index contributed by atoms with van der Waals surface area (Å²) in [7, 11) is 0. The quantitative estimate of drug-likeness (QED) is 0.515. The van der Waals surface area contributed by atoms with Crippen LogP contribution in [0, 0.1) is 0 Å². The van der Waals surface area contributed by atoms with Crippen LogP contribution in [0.3, 0.4) is 0 Å². The summed E-state index contributed by atoms with van der Waals surface area (Å²) in [5, 5.41) is 7.52. The van der Waals surface area contributed by atoms with Crippen LogP contribution in [0.5, 0.6) is 11.5 Å². The van der Waals surface area contributed by atoms with Crippen LogP contribution in [0.2, 0.25) is 0 Å². The molecule has 35 heavy (non-hydrogen) atoms. The Bertz CT molecular complexity index is 1150. The summed E-state index contributed by atoms with van der Waals surface area (Å²) in [4.78, 5) is 41.4. The van der Waals surface area contributed by atoms with E-state index in [2.05, 4.69) is 10.4 Å². The van der Waals surface area contributed by atoms with E-state index in [1.165, 1.54) is 28.5 Å². The fraction of sp³-hybridized carbons (Fsp3) is 0.520. The van der Waals surface area contributed by atoms with Crippen molar-refractivity contribution < 1.29 is 28.6 Å². The summed E-state index contributed by atoms with van der Waals surface area (Å²) in [6.45, 7) is 3.81. The molecule has 10 heteroatoms. The standard InChI is InChI=1S/C25H30N4O6/c1-3-33-23(31)18-13-19-22(30)29(17-10-11-20-21(12-17)35-15-34-20)25(2,14-28(19)27-18)24(32)26-16-8-6-4-5-7-9-16/h10-13,16H,3-9,14-15H2,1-2H3,(H,26,32)/t25-/m1/s1. The van der Waals surface area contributed by atoms with Crippen molar-refractivity contribution in [2.45, 2.75) is 70.5 Å². The molecular formula is C25H30N4O6. The lowest BCUT2D eigenvalue weighted by atomic mass is 9.93. The van der Waals surface area contributed by atoms with Crippen molar-refractivity contribution in [1.82, 2.24) is 15.1 Å². The van der Waals surface area contributed by atoms with Crippen LogP contribution in [0.15, 0.2) is 24.3 Å². The fourth-order valence-corrected chi connectivity index (χ4v) is 5.08. The number of carbonyl (C=O) groups is 3. The molecule has 2 aliphatic heterocycles. The molecule has 1 fully saturated rings. The Balaban J connectivity index is 1.53. The Morgan fingerprint density at radius 2 is 1.89 bits per heavy atom. The van der Waals surface area contributed by atoms with Gasteiger partial charge in [0.25, 0.3) is 5.91 Å². The van der Waals surface area contributed by atoms with Gasteiger partial charge in [0.2, 0.25) is 12.7 Å². The first kappa shape index (κ1) is 23.2. The molecule has 0 radical (unpaired) electrons. The Morgan fingerprint density at radius 1 is 1.14 bits per heavy atom. The summed E-state index contributed by atoms with van der Waals surface area (Å²) in [5.41, 5.74) is -0.537. The van der Waals surface area contributed by atoms with E-state index >= 15 is 0 Å². The first-order valence-electron chi connectivity index (χ1n) is 12.2. The molecule has 10 nitrogen and oxygen atoms in total.